The molecule has 0 fully saturated rings. The van der Waals surface area contributed by atoms with Crippen molar-refractivity contribution in [2.24, 2.45) is 5.10 Å². The van der Waals surface area contributed by atoms with Crippen LogP contribution in [0.5, 0.6) is 0 Å². The molecule has 1 atom stereocenters. The molecule has 0 bridgehead atoms. The van der Waals surface area contributed by atoms with Crippen molar-refractivity contribution in [3.05, 3.63) is 72.2 Å². The maximum Gasteiger partial charge on any atom is 0.360 e. The Balaban J connectivity index is 2.14. The zero-order chi connectivity index (χ0) is 17.9. The Morgan fingerprint density at radius 2 is 1.72 bits per heavy atom. The molecule has 0 N–H and O–H groups in total. The smallest absolute Gasteiger partial charge is 0.360 e. The van der Waals surface area contributed by atoms with Crippen LogP contribution >= 0.6 is 6.04 Å². The Bertz CT molecular complexity index is 879. The Morgan fingerprint density at radius 1 is 1.12 bits per heavy atom. The molecule has 1 aliphatic heterocycles. The van der Waals surface area contributed by atoms with Crippen molar-refractivity contribution < 1.29 is 9.53 Å². The van der Waals surface area contributed by atoms with E-state index in [-0.39, 0.29) is 6.61 Å². The molecule has 4 nitrogen and oxygen atoms in total. The SMILES string of the molecule is CCOC(=O)C1=NN(c2ccccc2)C(C)=C[P@]1(=S)c1ccccc1. The summed E-state index contributed by atoms with van der Waals surface area (Å²) >= 11 is 5.99. The summed E-state index contributed by atoms with van der Waals surface area (Å²) in [5, 5.41) is 7.32. The molecular weight excluding hydrogens is 351 g/mol. The van der Waals surface area contributed by atoms with Crippen LogP contribution in [0, 0.1) is 0 Å². The molecule has 0 aromatic heterocycles. The Morgan fingerprint density at radius 3 is 2.32 bits per heavy atom. The van der Waals surface area contributed by atoms with Crippen molar-refractivity contribution >= 4 is 40.3 Å². The van der Waals surface area contributed by atoms with Gasteiger partial charge in [-0.1, -0.05) is 60.3 Å². The number of nitrogens with zero attached hydrogens (tertiary/aromatic N) is 2. The Labute approximate surface area is 152 Å². The molecule has 6 heteroatoms. The minimum Gasteiger partial charge on any atom is -0.461 e. The van der Waals surface area contributed by atoms with Crippen LogP contribution in [0.2, 0.25) is 0 Å². The lowest BCUT2D eigenvalue weighted by Crippen LogP contribution is -2.30. The van der Waals surface area contributed by atoms with E-state index in [1.54, 1.807) is 11.9 Å². The first-order valence-electron chi connectivity index (χ1n) is 8.02. The number of allylic oxidation sites excluding steroid dienone is 1. The van der Waals surface area contributed by atoms with E-state index < -0.39 is 12.0 Å². The molecule has 0 saturated heterocycles. The van der Waals surface area contributed by atoms with Gasteiger partial charge in [0, 0.05) is 5.70 Å². The topological polar surface area (TPSA) is 41.9 Å². The fraction of sp³-hybridized carbons (Fsp3) is 0.158. The minimum absolute atomic E-state index is 0.288. The highest BCUT2D eigenvalue weighted by atomic mass is 32.4. The molecule has 0 aliphatic carbocycles. The van der Waals surface area contributed by atoms with Crippen molar-refractivity contribution in [1.82, 2.24) is 0 Å². The van der Waals surface area contributed by atoms with Crippen LogP contribution in [-0.4, -0.2) is 18.0 Å². The number of hydrogen-bond acceptors (Lipinski definition) is 5. The highest BCUT2D eigenvalue weighted by Gasteiger charge is 2.36. The average Bonchev–Trinajstić information content (AvgIpc) is 2.63. The molecule has 0 amide bonds. The van der Waals surface area contributed by atoms with E-state index in [0.29, 0.717) is 5.45 Å². The zero-order valence-electron chi connectivity index (χ0n) is 14.1. The molecule has 0 saturated carbocycles. The summed E-state index contributed by atoms with van der Waals surface area (Å²) in [5.74, 6) is 1.56. The van der Waals surface area contributed by atoms with Gasteiger partial charge in [0.25, 0.3) is 0 Å². The highest BCUT2D eigenvalue weighted by Crippen LogP contribution is 2.52. The van der Waals surface area contributed by atoms with Gasteiger partial charge in [-0.15, -0.1) is 0 Å². The molecule has 0 unspecified atom stereocenters. The third-order valence-corrected chi connectivity index (χ3v) is 7.98. The van der Waals surface area contributed by atoms with Crippen LogP contribution in [0.1, 0.15) is 13.8 Å². The molecule has 1 heterocycles. The first-order chi connectivity index (χ1) is 12.1. The molecule has 3 rings (SSSR count). The zero-order valence-corrected chi connectivity index (χ0v) is 15.8. The summed E-state index contributed by atoms with van der Waals surface area (Å²) in [6.45, 7) is 4.03. The van der Waals surface area contributed by atoms with Gasteiger partial charge in [-0.05, 0) is 37.1 Å². The van der Waals surface area contributed by atoms with E-state index in [4.69, 9.17) is 16.5 Å². The third kappa shape index (κ3) is 3.44. The van der Waals surface area contributed by atoms with E-state index in [0.717, 1.165) is 16.7 Å². The number of carbonyl (C=O) groups excluding carboxylic acids is 1. The molecule has 128 valence electrons. The van der Waals surface area contributed by atoms with Gasteiger partial charge in [-0.3, -0.25) is 0 Å². The number of carbonyl (C=O) groups is 1. The first kappa shape index (κ1) is 17.6. The minimum atomic E-state index is -2.47. The Hall–Kier alpha value is -2.23. The predicted octanol–water partition coefficient (Wildman–Crippen LogP) is 4.05. The van der Waals surface area contributed by atoms with Gasteiger partial charge in [0.15, 0.2) is 5.45 Å². The number of ether oxygens (including phenoxy) is 1. The van der Waals surface area contributed by atoms with Crippen molar-refractivity contribution in [2.45, 2.75) is 13.8 Å². The normalized spacial score (nSPS) is 19.8. The second-order valence-corrected chi connectivity index (χ2v) is 9.80. The molecular formula is C19H19N2O2PS. The number of rotatable bonds is 4. The van der Waals surface area contributed by atoms with Gasteiger partial charge in [0.05, 0.1) is 18.3 Å². The van der Waals surface area contributed by atoms with E-state index >= 15 is 0 Å². The van der Waals surface area contributed by atoms with E-state index in [9.17, 15) is 4.79 Å². The molecule has 0 spiro atoms. The van der Waals surface area contributed by atoms with Gasteiger partial charge in [0.1, 0.15) is 0 Å². The van der Waals surface area contributed by atoms with Gasteiger partial charge in [-0.25, -0.2) is 9.80 Å². The quantitative estimate of drug-likeness (QED) is 0.602. The molecule has 25 heavy (non-hydrogen) atoms. The second-order valence-electron chi connectivity index (χ2n) is 5.56. The lowest BCUT2D eigenvalue weighted by Gasteiger charge is -2.31. The van der Waals surface area contributed by atoms with Crippen LogP contribution in [0.15, 0.2) is 77.3 Å². The van der Waals surface area contributed by atoms with Crippen LogP contribution in [-0.2, 0) is 21.3 Å². The molecule has 1 aliphatic rings. The van der Waals surface area contributed by atoms with E-state index in [2.05, 4.69) is 5.10 Å². The molecule has 2 aromatic rings. The first-order valence-corrected chi connectivity index (χ1v) is 10.9. The number of hydrazone groups is 1. The number of hydrogen-bond donors (Lipinski definition) is 0. The fourth-order valence-electron chi connectivity index (χ4n) is 2.67. The number of anilines is 1. The van der Waals surface area contributed by atoms with Crippen LogP contribution in [0.25, 0.3) is 0 Å². The van der Waals surface area contributed by atoms with Gasteiger partial charge in [-0.2, -0.15) is 5.10 Å². The van der Waals surface area contributed by atoms with Gasteiger partial charge < -0.3 is 4.74 Å². The summed E-state index contributed by atoms with van der Waals surface area (Å²) in [6, 6.07) is 16.9. The van der Waals surface area contributed by atoms with E-state index in [1.807, 2.05) is 73.4 Å². The maximum atomic E-state index is 12.6. The second kappa shape index (κ2) is 7.34. The lowest BCUT2D eigenvalue weighted by atomic mass is 10.3. The number of para-hydroxylation sites is 1. The number of esters is 1. The van der Waals surface area contributed by atoms with Crippen LogP contribution < -0.4 is 10.3 Å². The molecule has 0 radical (unpaired) electrons. The summed E-state index contributed by atoms with van der Waals surface area (Å²) < 4.78 is 5.25. The largest absolute Gasteiger partial charge is 0.461 e. The van der Waals surface area contributed by atoms with Gasteiger partial charge in [0.2, 0.25) is 0 Å². The summed E-state index contributed by atoms with van der Waals surface area (Å²) in [6.07, 6.45) is 0. The summed E-state index contributed by atoms with van der Waals surface area (Å²) in [7, 11) is 0. The van der Waals surface area contributed by atoms with Crippen molar-refractivity contribution in [1.29, 1.82) is 0 Å². The Kier molecular flexibility index (Phi) is 5.16. The summed E-state index contributed by atoms with van der Waals surface area (Å²) in [5.41, 5.74) is 2.10. The maximum absolute atomic E-state index is 12.6. The van der Waals surface area contributed by atoms with E-state index in [1.165, 1.54) is 0 Å². The van der Waals surface area contributed by atoms with Crippen LogP contribution in [0.4, 0.5) is 5.69 Å². The average molecular weight is 370 g/mol. The lowest BCUT2D eigenvalue weighted by molar-refractivity contribution is -0.134. The highest BCUT2D eigenvalue weighted by molar-refractivity contribution is 8.28. The van der Waals surface area contributed by atoms with Crippen molar-refractivity contribution in [2.75, 3.05) is 11.6 Å². The monoisotopic (exact) mass is 370 g/mol. The van der Waals surface area contributed by atoms with Crippen LogP contribution in [0.3, 0.4) is 0 Å². The van der Waals surface area contributed by atoms with Crippen molar-refractivity contribution in [3.63, 3.8) is 0 Å². The van der Waals surface area contributed by atoms with Gasteiger partial charge >= 0.3 is 5.97 Å². The standard InChI is InChI=1S/C19H19N2O2PS/c1-3-23-19(22)18-20-21(16-10-6-4-7-11-16)15(2)14-24(18,25)17-12-8-5-9-13-17/h4-14H,3H2,1-2H3/t24-/m0/s1. The fourth-order valence-corrected chi connectivity index (χ4v) is 6.15. The van der Waals surface area contributed by atoms with Crippen molar-refractivity contribution in [3.8, 4) is 0 Å². The number of benzene rings is 2. The predicted molar refractivity (Wildman–Crippen MR) is 107 cm³/mol. The summed E-state index contributed by atoms with van der Waals surface area (Å²) in [4.78, 5) is 12.6. The third-order valence-electron chi connectivity index (χ3n) is 3.81. The molecule has 2 aromatic carbocycles.